The number of methoxy groups -OCH3 is 1. The highest BCUT2D eigenvalue weighted by Gasteiger charge is 2.70. The fourth-order valence-corrected chi connectivity index (χ4v) is 11.1. The van der Waals surface area contributed by atoms with Gasteiger partial charge in [0.25, 0.3) is 0 Å². The molecule has 0 aromatic heterocycles. The molecule has 2 unspecified atom stereocenters. The molecule has 4 saturated carbocycles. The second-order valence-corrected chi connectivity index (χ2v) is 15.1. The number of carbonyl (C=O) groups excluding carboxylic acids is 4. The Morgan fingerprint density at radius 3 is 2.31 bits per heavy atom. The van der Waals surface area contributed by atoms with Crippen LogP contribution in [0.3, 0.4) is 0 Å². The summed E-state index contributed by atoms with van der Waals surface area (Å²) in [6.07, 6.45) is 9.74. The predicted molar refractivity (Wildman–Crippen MR) is 147 cm³/mol. The van der Waals surface area contributed by atoms with Gasteiger partial charge in [-0.1, -0.05) is 46.3 Å². The summed E-state index contributed by atoms with van der Waals surface area (Å²) in [5.41, 5.74) is -0.165. The minimum atomic E-state index is -1.17. The summed E-state index contributed by atoms with van der Waals surface area (Å²) in [4.78, 5) is 51.4. The maximum atomic E-state index is 13.5. The van der Waals surface area contributed by atoms with Crippen molar-refractivity contribution in [1.82, 2.24) is 0 Å². The molecule has 0 spiro atoms. The molecule has 0 aromatic rings. The van der Waals surface area contributed by atoms with E-state index in [0.29, 0.717) is 6.42 Å². The molecule has 0 radical (unpaired) electrons. The van der Waals surface area contributed by atoms with Gasteiger partial charge >= 0.3 is 11.9 Å². The molecule has 0 N–H and O–H groups in total. The van der Waals surface area contributed by atoms with E-state index in [-0.39, 0.29) is 63.0 Å². The molecule has 4 fully saturated rings. The minimum absolute atomic E-state index is 0.0734. The van der Waals surface area contributed by atoms with Gasteiger partial charge in [0, 0.05) is 6.92 Å². The summed E-state index contributed by atoms with van der Waals surface area (Å²) in [5.74, 6) is -0.365. The van der Waals surface area contributed by atoms with E-state index in [4.69, 9.17) is 9.47 Å². The first-order valence-corrected chi connectivity index (χ1v) is 15.1. The number of Topliss-reactive ketones (excluding diaryl/α,β-unsaturated/α-hetero) is 1. The molecule has 216 valence electrons. The number of hydrogen-bond acceptors (Lipinski definition) is 6. The number of esters is 2. The Labute approximate surface area is 234 Å². The van der Waals surface area contributed by atoms with Gasteiger partial charge in [-0.15, -0.1) is 0 Å². The highest BCUT2D eigenvalue weighted by molar-refractivity contribution is 6.02. The largest absolute Gasteiger partial charge is 0.469 e. The first kappa shape index (κ1) is 28.5. The van der Waals surface area contributed by atoms with Crippen molar-refractivity contribution in [2.45, 2.75) is 106 Å². The van der Waals surface area contributed by atoms with E-state index in [0.717, 1.165) is 51.2 Å². The summed E-state index contributed by atoms with van der Waals surface area (Å²) >= 11 is 0. The van der Waals surface area contributed by atoms with E-state index >= 15 is 0 Å². The monoisotopic (exact) mass is 540 g/mol. The van der Waals surface area contributed by atoms with Crippen molar-refractivity contribution in [3.05, 3.63) is 11.6 Å². The molecule has 11 atom stereocenters. The topological polar surface area (TPSA) is 86.7 Å². The summed E-state index contributed by atoms with van der Waals surface area (Å²) in [5, 5.41) is 0. The van der Waals surface area contributed by atoms with Crippen molar-refractivity contribution in [3.8, 4) is 0 Å². The third-order valence-electron chi connectivity index (χ3n) is 13.4. The van der Waals surface area contributed by atoms with Gasteiger partial charge in [-0.05, 0) is 104 Å². The number of ketones is 1. The van der Waals surface area contributed by atoms with Crippen LogP contribution in [0, 0.1) is 56.7 Å². The SMILES string of the molecule is COC(=O)[C@H]1[C@H](C)CC[C@]2(C)CC[C@]3(C)C(=CC[C@@H]4[C@@]5(C)C[C@@H](OC(C)=O)C(=O)C(C)(C=O)C5CC[C@]43C)[C@H]12. The Morgan fingerprint density at radius 2 is 1.69 bits per heavy atom. The average molecular weight is 541 g/mol. The van der Waals surface area contributed by atoms with Crippen LogP contribution in [0.2, 0.25) is 0 Å². The molecule has 0 saturated heterocycles. The highest BCUT2D eigenvalue weighted by Crippen LogP contribution is 2.75. The molecule has 6 nitrogen and oxygen atoms in total. The number of fused-ring (bicyclic) bond motifs is 7. The molecule has 6 heteroatoms. The van der Waals surface area contributed by atoms with Crippen molar-refractivity contribution in [2.75, 3.05) is 7.11 Å². The lowest BCUT2D eigenvalue weighted by molar-refractivity contribution is -0.204. The summed E-state index contributed by atoms with van der Waals surface area (Å²) in [6.45, 7) is 14.8. The fourth-order valence-electron chi connectivity index (χ4n) is 11.1. The zero-order valence-electron chi connectivity index (χ0n) is 25.2. The number of ether oxygens (including phenoxy) is 2. The molecule has 0 bridgehead atoms. The van der Waals surface area contributed by atoms with Gasteiger partial charge in [-0.3, -0.25) is 14.4 Å². The van der Waals surface area contributed by atoms with E-state index in [1.165, 1.54) is 19.6 Å². The Balaban J connectivity index is 1.62. The van der Waals surface area contributed by atoms with Gasteiger partial charge in [0.05, 0.1) is 18.4 Å². The zero-order valence-corrected chi connectivity index (χ0v) is 25.2. The lowest BCUT2D eigenvalue weighted by Gasteiger charge is -2.70. The van der Waals surface area contributed by atoms with Gasteiger partial charge in [0.2, 0.25) is 0 Å². The van der Waals surface area contributed by atoms with Crippen LogP contribution >= 0.6 is 0 Å². The van der Waals surface area contributed by atoms with Crippen LogP contribution in [-0.2, 0) is 28.7 Å². The van der Waals surface area contributed by atoms with Gasteiger partial charge in [-0.25, -0.2) is 0 Å². The normalized spacial score (nSPS) is 50.8. The molecule has 0 heterocycles. The molecule has 0 aromatic carbocycles. The van der Waals surface area contributed by atoms with Crippen LogP contribution < -0.4 is 0 Å². The van der Waals surface area contributed by atoms with E-state index in [1.807, 2.05) is 0 Å². The molecule has 5 aliphatic rings. The molecule has 5 rings (SSSR count). The summed E-state index contributed by atoms with van der Waals surface area (Å²) < 4.78 is 11.0. The number of allylic oxidation sites excluding steroid dienone is 2. The summed E-state index contributed by atoms with van der Waals surface area (Å²) in [6, 6.07) is 0. The van der Waals surface area contributed by atoms with Crippen molar-refractivity contribution in [3.63, 3.8) is 0 Å². The van der Waals surface area contributed by atoms with Crippen molar-refractivity contribution in [2.24, 2.45) is 56.7 Å². The van der Waals surface area contributed by atoms with Crippen LogP contribution in [-0.4, -0.2) is 37.2 Å². The van der Waals surface area contributed by atoms with Crippen LogP contribution in [0.15, 0.2) is 11.6 Å². The van der Waals surface area contributed by atoms with Crippen LogP contribution in [0.1, 0.15) is 99.8 Å². The number of aldehydes is 1. The fraction of sp³-hybridized carbons (Fsp3) is 0.818. The Bertz CT molecular complexity index is 1130. The molecular weight excluding hydrogens is 492 g/mol. The molecule has 39 heavy (non-hydrogen) atoms. The van der Waals surface area contributed by atoms with Crippen molar-refractivity contribution >= 4 is 24.0 Å². The van der Waals surface area contributed by atoms with Crippen LogP contribution in [0.5, 0.6) is 0 Å². The molecule has 0 amide bonds. The van der Waals surface area contributed by atoms with E-state index < -0.39 is 17.5 Å². The number of hydrogen-bond donors (Lipinski definition) is 0. The minimum Gasteiger partial charge on any atom is -0.469 e. The van der Waals surface area contributed by atoms with Crippen LogP contribution in [0.4, 0.5) is 0 Å². The molecule has 0 aliphatic heterocycles. The lowest BCUT2D eigenvalue weighted by Crippen LogP contribution is -2.67. The van der Waals surface area contributed by atoms with Crippen molar-refractivity contribution in [1.29, 1.82) is 0 Å². The third-order valence-corrected chi connectivity index (χ3v) is 13.4. The first-order valence-electron chi connectivity index (χ1n) is 15.1. The number of rotatable bonds is 3. The standard InChI is InChI=1S/C33H48O6/c1-19-11-13-29(3)15-16-32(6)21(26(29)25(19)28(37)38-8)9-10-24-30(4)17-22(39-20(2)35)27(36)31(5,18-34)23(30)12-14-33(24,32)7/h9,18-19,22-26H,10-17H2,1-8H3/t19-,22-,23?,24-,25+,26-,29-,30+,31?,32-,33-/m1/s1. The second-order valence-electron chi connectivity index (χ2n) is 15.1. The zero-order chi connectivity index (χ0) is 28.8. The maximum absolute atomic E-state index is 13.5. The van der Waals surface area contributed by atoms with Gasteiger partial charge in [-0.2, -0.15) is 0 Å². The number of carbonyl (C=O) groups is 4. The predicted octanol–water partition coefficient (Wildman–Crippen LogP) is 6.11. The molecule has 5 aliphatic carbocycles. The van der Waals surface area contributed by atoms with Crippen LogP contribution in [0.25, 0.3) is 0 Å². The van der Waals surface area contributed by atoms with E-state index in [2.05, 4.69) is 40.7 Å². The smallest absolute Gasteiger partial charge is 0.309 e. The lowest BCUT2D eigenvalue weighted by atomic mass is 9.33. The van der Waals surface area contributed by atoms with Gasteiger partial charge in [0.15, 0.2) is 11.9 Å². The average Bonchev–Trinajstić information content (AvgIpc) is 2.87. The Morgan fingerprint density at radius 1 is 1.00 bits per heavy atom. The quantitative estimate of drug-likeness (QED) is 0.186. The second kappa shape index (κ2) is 9.01. The van der Waals surface area contributed by atoms with Gasteiger partial charge in [0.1, 0.15) is 6.29 Å². The summed E-state index contributed by atoms with van der Waals surface area (Å²) in [7, 11) is 1.52. The third kappa shape index (κ3) is 3.64. The highest BCUT2D eigenvalue weighted by atomic mass is 16.5. The maximum Gasteiger partial charge on any atom is 0.309 e. The van der Waals surface area contributed by atoms with Crippen molar-refractivity contribution < 1.29 is 28.7 Å². The molecular formula is C33H48O6. The van der Waals surface area contributed by atoms with E-state index in [9.17, 15) is 19.2 Å². The van der Waals surface area contributed by atoms with Gasteiger partial charge < -0.3 is 14.3 Å². The Kier molecular flexibility index (Phi) is 6.59. The first-order chi connectivity index (χ1) is 18.1. The van der Waals surface area contributed by atoms with E-state index in [1.54, 1.807) is 6.92 Å². The Hall–Kier alpha value is -1.98.